The molecule has 0 saturated carbocycles. The van der Waals surface area contributed by atoms with E-state index in [1.807, 2.05) is 37.3 Å². The molecule has 1 amide bonds. The molecule has 0 fully saturated rings. The van der Waals surface area contributed by atoms with Crippen molar-refractivity contribution in [2.24, 2.45) is 12.8 Å². The molecule has 0 saturated heterocycles. The summed E-state index contributed by atoms with van der Waals surface area (Å²) in [6.45, 7) is 1.96. The van der Waals surface area contributed by atoms with Crippen LogP contribution in [0.3, 0.4) is 0 Å². The highest BCUT2D eigenvalue weighted by molar-refractivity contribution is 5.97. The van der Waals surface area contributed by atoms with Crippen LogP contribution in [0.25, 0.3) is 11.0 Å². The molecule has 204 valence electrons. The number of aromatic nitrogens is 3. The van der Waals surface area contributed by atoms with Gasteiger partial charge in [-0.2, -0.15) is 0 Å². The van der Waals surface area contributed by atoms with Crippen molar-refractivity contribution in [3.05, 3.63) is 123 Å². The van der Waals surface area contributed by atoms with Crippen molar-refractivity contribution in [2.75, 3.05) is 11.9 Å². The molecule has 0 aliphatic carbocycles. The molecule has 0 aliphatic rings. The molecule has 0 aliphatic heterocycles. The number of rotatable bonds is 9. The Morgan fingerprint density at radius 3 is 2.52 bits per heavy atom. The van der Waals surface area contributed by atoms with Gasteiger partial charge in [-0.25, -0.2) is 18.6 Å². The number of nitrogens with one attached hydrogen (secondary N) is 2. The molecule has 10 heteroatoms. The lowest BCUT2D eigenvalue weighted by Crippen LogP contribution is -2.23. The van der Waals surface area contributed by atoms with E-state index in [1.165, 1.54) is 10.6 Å². The third-order valence-electron chi connectivity index (χ3n) is 6.87. The number of amides is 1. The summed E-state index contributed by atoms with van der Waals surface area (Å²) >= 11 is 0. The lowest BCUT2D eigenvalue weighted by molar-refractivity contribution is 0.100. The maximum Gasteiger partial charge on any atom is 0.326 e. The van der Waals surface area contributed by atoms with Gasteiger partial charge in [-0.15, -0.1) is 0 Å². The van der Waals surface area contributed by atoms with Gasteiger partial charge in [0.2, 0.25) is 0 Å². The Kier molecular flexibility index (Phi) is 7.33. The molecule has 40 heavy (non-hydrogen) atoms. The molecule has 2 aromatic heterocycles. The summed E-state index contributed by atoms with van der Waals surface area (Å²) in [6, 6.07) is 21.2. The van der Waals surface area contributed by atoms with Gasteiger partial charge in [0.1, 0.15) is 18.2 Å². The minimum absolute atomic E-state index is 0.148. The number of pyridine rings is 1. The Hall–Kier alpha value is -4.99. The monoisotopic (exact) mass is 543 g/mol. The van der Waals surface area contributed by atoms with Crippen molar-refractivity contribution < 1.29 is 18.3 Å². The molecule has 3 aromatic carbocycles. The predicted octanol–water partition coefficient (Wildman–Crippen LogP) is 5.02. The summed E-state index contributed by atoms with van der Waals surface area (Å²) in [4.78, 5) is 31.7. The molecule has 2 atom stereocenters. The number of nitrogens with zero attached hydrogens (tertiary/aromatic N) is 2. The number of imidazole rings is 1. The molecule has 5 rings (SSSR count). The van der Waals surface area contributed by atoms with Gasteiger partial charge < -0.3 is 20.8 Å². The number of aromatic amines is 1. The van der Waals surface area contributed by atoms with E-state index in [0.29, 0.717) is 22.5 Å². The average molecular weight is 544 g/mol. The number of carbonyl (C=O) groups excluding carboxylic acids is 1. The van der Waals surface area contributed by atoms with E-state index in [1.54, 1.807) is 37.4 Å². The summed E-state index contributed by atoms with van der Waals surface area (Å²) in [7, 11) is 1.68. The number of carbonyl (C=O) groups is 1. The van der Waals surface area contributed by atoms with Crippen molar-refractivity contribution in [1.29, 1.82) is 0 Å². The van der Waals surface area contributed by atoms with Gasteiger partial charge in [0.15, 0.2) is 11.6 Å². The van der Waals surface area contributed by atoms with Crippen LogP contribution in [-0.2, 0) is 7.05 Å². The van der Waals surface area contributed by atoms with Gasteiger partial charge >= 0.3 is 5.69 Å². The highest BCUT2D eigenvalue weighted by Crippen LogP contribution is 2.29. The molecule has 2 heterocycles. The Bertz CT molecular complexity index is 1750. The van der Waals surface area contributed by atoms with E-state index in [-0.39, 0.29) is 23.7 Å². The quantitative estimate of drug-likeness (QED) is 0.241. The number of primary amides is 1. The Morgan fingerprint density at radius 1 is 1.02 bits per heavy atom. The normalized spacial score (nSPS) is 12.7. The van der Waals surface area contributed by atoms with Crippen LogP contribution in [0.2, 0.25) is 0 Å². The van der Waals surface area contributed by atoms with Crippen LogP contribution in [0.5, 0.6) is 5.75 Å². The average Bonchev–Trinajstić information content (AvgIpc) is 3.24. The second kappa shape index (κ2) is 11.0. The molecule has 0 bridgehead atoms. The number of fused-ring (bicyclic) bond motifs is 1. The summed E-state index contributed by atoms with van der Waals surface area (Å²) in [5, 5.41) is 3.30. The van der Waals surface area contributed by atoms with Crippen LogP contribution in [-0.4, -0.2) is 27.0 Å². The summed E-state index contributed by atoms with van der Waals surface area (Å²) in [5.41, 5.74) is 8.93. The fourth-order valence-corrected chi connectivity index (χ4v) is 4.53. The largest absolute Gasteiger partial charge is 0.491 e. The standard InChI is InChI=1S/C30H27F2N5O3/c1-17(19-8-11-22(31)23(32)14-19)24-12-10-21(28(33)38)29(34-24)35-26(18-6-4-3-5-7-18)16-40-20-9-13-27-25(15-20)36-30(39)37(27)2/h3-15,17,26H,16H2,1-2H3,(H2,33,38)(H,34,35)(H,36,39)/t17-,26-/m0/s1. The Balaban J connectivity index is 1.46. The number of anilines is 1. The molecule has 0 unspecified atom stereocenters. The van der Waals surface area contributed by atoms with Crippen molar-refractivity contribution in [1.82, 2.24) is 14.5 Å². The number of nitrogens with two attached hydrogens (primary N) is 1. The van der Waals surface area contributed by atoms with Gasteiger partial charge in [-0.3, -0.25) is 9.36 Å². The molecule has 5 aromatic rings. The lowest BCUT2D eigenvalue weighted by atomic mass is 9.96. The van der Waals surface area contributed by atoms with Gasteiger partial charge in [-0.1, -0.05) is 43.3 Å². The number of aryl methyl sites for hydroxylation is 1. The number of ether oxygens (including phenoxy) is 1. The van der Waals surface area contributed by atoms with Crippen molar-refractivity contribution in [2.45, 2.75) is 18.9 Å². The van der Waals surface area contributed by atoms with Crippen LogP contribution in [0.4, 0.5) is 14.6 Å². The number of hydrogen-bond acceptors (Lipinski definition) is 5. The van der Waals surface area contributed by atoms with Gasteiger partial charge in [0.05, 0.1) is 28.3 Å². The maximum absolute atomic E-state index is 13.9. The van der Waals surface area contributed by atoms with Gasteiger partial charge in [0.25, 0.3) is 5.91 Å². The summed E-state index contributed by atoms with van der Waals surface area (Å²) in [6.07, 6.45) is 0. The molecule has 0 radical (unpaired) electrons. The molecular formula is C30H27F2N5O3. The first-order chi connectivity index (χ1) is 19.2. The Morgan fingerprint density at radius 2 is 1.80 bits per heavy atom. The fraction of sp³-hybridized carbons (Fsp3) is 0.167. The fourth-order valence-electron chi connectivity index (χ4n) is 4.53. The van der Waals surface area contributed by atoms with Crippen molar-refractivity contribution in [3.8, 4) is 5.75 Å². The number of hydrogen-bond donors (Lipinski definition) is 3. The smallest absolute Gasteiger partial charge is 0.326 e. The molecule has 8 nitrogen and oxygen atoms in total. The van der Waals surface area contributed by atoms with Crippen LogP contribution in [0.1, 0.15) is 46.1 Å². The number of benzene rings is 3. The first-order valence-corrected chi connectivity index (χ1v) is 12.6. The van der Waals surface area contributed by atoms with Crippen LogP contribution >= 0.6 is 0 Å². The second-order valence-electron chi connectivity index (χ2n) is 9.48. The van der Waals surface area contributed by atoms with E-state index < -0.39 is 29.5 Å². The van der Waals surface area contributed by atoms with Crippen LogP contribution in [0.15, 0.2) is 83.7 Å². The maximum atomic E-state index is 13.9. The van der Waals surface area contributed by atoms with Gasteiger partial charge in [0, 0.05) is 19.0 Å². The van der Waals surface area contributed by atoms with E-state index in [2.05, 4.69) is 15.3 Å². The number of H-pyrrole nitrogens is 1. The van der Waals surface area contributed by atoms with E-state index >= 15 is 0 Å². The van der Waals surface area contributed by atoms with Crippen LogP contribution < -0.4 is 21.5 Å². The van der Waals surface area contributed by atoms with Crippen molar-refractivity contribution >= 4 is 22.8 Å². The zero-order valence-electron chi connectivity index (χ0n) is 21.8. The molecule has 4 N–H and O–H groups in total. The number of halogens is 2. The van der Waals surface area contributed by atoms with Crippen molar-refractivity contribution in [3.63, 3.8) is 0 Å². The molecular weight excluding hydrogens is 516 g/mol. The summed E-state index contributed by atoms with van der Waals surface area (Å²) in [5.74, 6) is -2.17. The zero-order valence-corrected chi connectivity index (χ0v) is 21.8. The third kappa shape index (κ3) is 5.42. The highest BCUT2D eigenvalue weighted by Gasteiger charge is 2.21. The van der Waals surface area contributed by atoms with E-state index in [4.69, 9.17) is 10.5 Å². The highest BCUT2D eigenvalue weighted by atomic mass is 19.2. The second-order valence-corrected chi connectivity index (χ2v) is 9.48. The van der Waals surface area contributed by atoms with E-state index in [0.717, 1.165) is 23.2 Å². The zero-order chi connectivity index (χ0) is 28.4. The minimum Gasteiger partial charge on any atom is -0.491 e. The lowest BCUT2D eigenvalue weighted by Gasteiger charge is -2.23. The first-order valence-electron chi connectivity index (χ1n) is 12.6. The third-order valence-corrected chi connectivity index (χ3v) is 6.87. The van der Waals surface area contributed by atoms with E-state index in [9.17, 15) is 18.4 Å². The SMILES string of the molecule is C[C@@H](c1ccc(F)c(F)c1)c1ccc(C(N)=O)c(N[C@@H](COc2ccc3c(c2)[nH]c(=O)n3C)c2ccccc2)n1. The predicted molar refractivity (Wildman–Crippen MR) is 148 cm³/mol. The molecule has 0 spiro atoms. The first kappa shape index (κ1) is 26.6. The Labute approximate surface area is 228 Å². The minimum atomic E-state index is -0.949. The van der Waals surface area contributed by atoms with Crippen LogP contribution in [0, 0.1) is 11.6 Å². The van der Waals surface area contributed by atoms with Gasteiger partial charge in [-0.05, 0) is 47.5 Å². The summed E-state index contributed by atoms with van der Waals surface area (Å²) < 4.78 is 35.0. The topological polar surface area (TPSA) is 115 Å².